The van der Waals surface area contributed by atoms with E-state index in [1.165, 1.54) is 0 Å². The molecule has 0 saturated carbocycles. The van der Waals surface area contributed by atoms with Crippen molar-refractivity contribution in [3.63, 3.8) is 0 Å². The second kappa shape index (κ2) is 8.79. The van der Waals surface area contributed by atoms with Gasteiger partial charge in [0, 0.05) is 37.3 Å². The summed E-state index contributed by atoms with van der Waals surface area (Å²) in [6, 6.07) is 13.0. The van der Waals surface area contributed by atoms with Gasteiger partial charge in [-0.05, 0) is 49.1 Å². The zero-order valence-electron chi connectivity index (χ0n) is 17.8. The van der Waals surface area contributed by atoms with E-state index in [0.717, 1.165) is 49.3 Å². The predicted molar refractivity (Wildman–Crippen MR) is 121 cm³/mol. The molecule has 3 N–H and O–H groups in total. The first kappa shape index (κ1) is 20.9. The van der Waals surface area contributed by atoms with Gasteiger partial charge in [-0.1, -0.05) is 25.1 Å². The molecule has 0 bridgehead atoms. The molecule has 7 nitrogen and oxygen atoms in total. The van der Waals surface area contributed by atoms with Crippen LogP contribution in [0.2, 0.25) is 0 Å². The van der Waals surface area contributed by atoms with Crippen LogP contribution in [0.4, 0.5) is 17.1 Å². The summed E-state index contributed by atoms with van der Waals surface area (Å²) in [6.07, 6.45) is 3.16. The van der Waals surface area contributed by atoms with E-state index in [-0.39, 0.29) is 18.2 Å². The number of para-hydroxylation sites is 1. The molecule has 31 heavy (non-hydrogen) atoms. The third-order valence-corrected chi connectivity index (χ3v) is 6.14. The van der Waals surface area contributed by atoms with E-state index in [9.17, 15) is 14.4 Å². The molecule has 162 valence electrons. The number of carbonyl (C=O) groups is 3. The van der Waals surface area contributed by atoms with E-state index in [0.29, 0.717) is 17.8 Å². The van der Waals surface area contributed by atoms with E-state index in [1.54, 1.807) is 17.0 Å². The number of benzene rings is 2. The van der Waals surface area contributed by atoms with E-state index in [1.807, 2.05) is 30.3 Å². The molecule has 2 aliphatic rings. The minimum atomic E-state index is -0.540. The fraction of sp³-hybridized carbons (Fsp3) is 0.375. The number of nitrogens with zero attached hydrogens (tertiary/aromatic N) is 2. The van der Waals surface area contributed by atoms with Crippen molar-refractivity contribution in [1.82, 2.24) is 0 Å². The molecule has 2 aromatic carbocycles. The number of anilines is 3. The Morgan fingerprint density at radius 1 is 1.10 bits per heavy atom. The molecule has 2 heterocycles. The lowest BCUT2D eigenvalue weighted by atomic mass is 10.1. The van der Waals surface area contributed by atoms with Gasteiger partial charge in [0.25, 0.3) is 0 Å². The molecule has 2 fully saturated rings. The number of amides is 3. The smallest absolute Gasteiger partial charge is 0.248 e. The summed E-state index contributed by atoms with van der Waals surface area (Å²) in [5.74, 6) is -1.26. The zero-order chi connectivity index (χ0) is 22.0. The fourth-order valence-corrected chi connectivity index (χ4v) is 4.45. The molecular formula is C24H28N4O3. The van der Waals surface area contributed by atoms with Crippen molar-refractivity contribution in [2.75, 3.05) is 34.8 Å². The first-order valence-corrected chi connectivity index (χ1v) is 10.9. The summed E-state index contributed by atoms with van der Waals surface area (Å²) >= 11 is 0. The number of hydrogen-bond acceptors (Lipinski definition) is 4. The van der Waals surface area contributed by atoms with Gasteiger partial charge in [0.2, 0.25) is 17.7 Å². The predicted octanol–water partition coefficient (Wildman–Crippen LogP) is 2.94. The number of carbonyl (C=O) groups excluding carboxylic acids is 3. The van der Waals surface area contributed by atoms with Crippen molar-refractivity contribution >= 4 is 34.8 Å². The van der Waals surface area contributed by atoms with Crippen LogP contribution in [0, 0.1) is 5.92 Å². The maximum Gasteiger partial charge on any atom is 0.248 e. The SMILES string of the molecule is CCc1ccccc1N1CC(C(=O)Nc2cc(C(N)=O)ccc2N2CCCC2)CC1=O. The summed E-state index contributed by atoms with van der Waals surface area (Å²) in [5.41, 5.74) is 9.21. The van der Waals surface area contributed by atoms with Crippen LogP contribution in [0.5, 0.6) is 0 Å². The highest BCUT2D eigenvalue weighted by atomic mass is 16.2. The van der Waals surface area contributed by atoms with Gasteiger partial charge < -0.3 is 20.9 Å². The Balaban J connectivity index is 1.55. The van der Waals surface area contributed by atoms with Crippen molar-refractivity contribution in [3.05, 3.63) is 53.6 Å². The van der Waals surface area contributed by atoms with E-state index in [2.05, 4.69) is 17.1 Å². The molecule has 0 aliphatic carbocycles. The Morgan fingerprint density at radius 3 is 2.55 bits per heavy atom. The molecule has 4 rings (SSSR count). The van der Waals surface area contributed by atoms with Crippen LogP contribution in [-0.4, -0.2) is 37.4 Å². The highest BCUT2D eigenvalue weighted by Gasteiger charge is 2.36. The average Bonchev–Trinajstić information content (AvgIpc) is 3.43. The Labute approximate surface area is 182 Å². The number of nitrogens with one attached hydrogen (secondary N) is 1. The Bertz CT molecular complexity index is 1010. The van der Waals surface area contributed by atoms with Gasteiger partial charge in [0.1, 0.15) is 0 Å². The van der Waals surface area contributed by atoms with Crippen molar-refractivity contribution in [2.45, 2.75) is 32.6 Å². The lowest BCUT2D eigenvalue weighted by Gasteiger charge is -2.23. The lowest BCUT2D eigenvalue weighted by Crippen LogP contribution is -2.29. The summed E-state index contributed by atoms with van der Waals surface area (Å²) in [4.78, 5) is 41.4. The minimum absolute atomic E-state index is 0.0493. The maximum atomic E-state index is 13.1. The van der Waals surface area contributed by atoms with E-state index >= 15 is 0 Å². The summed E-state index contributed by atoms with van der Waals surface area (Å²) < 4.78 is 0. The summed E-state index contributed by atoms with van der Waals surface area (Å²) in [5, 5.41) is 2.98. The molecule has 0 spiro atoms. The van der Waals surface area contributed by atoms with Crippen molar-refractivity contribution < 1.29 is 14.4 Å². The highest BCUT2D eigenvalue weighted by Crippen LogP contribution is 2.33. The largest absolute Gasteiger partial charge is 0.370 e. The minimum Gasteiger partial charge on any atom is -0.370 e. The first-order chi connectivity index (χ1) is 15.0. The summed E-state index contributed by atoms with van der Waals surface area (Å²) in [7, 11) is 0. The van der Waals surface area contributed by atoms with Crippen LogP contribution in [0.25, 0.3) is 0 Å². The Kier molecular flexibility index (Phi) is 5.93. The van der Waals surface area contributed by atoms with Gasteiger partial charge in [0.05, 0.1) is 17.3 Å². The molecule has 1 atom stereocenters. The summed E-state index contributed by atoms with van der Waals surface area (Å²) in [6.45, 7) is 4.20. The fourth-order valence-electron chi connectivity index (χ4n) is 4.45. The molecule has 1 unspecified atom stereocenters. The number of nitrogens with two attached hydrogens (primary N) is 1. The number of primary amides is 1. The van der Waals surface area contributed by atoms with Crippen LogP contribution >= 0.6 is 0 Å². The van der Waals surface area contributed by atoms with Gasteiger partial charge in [-0.15, -0.1) is 0 Å². The average molecular weight is 421 g/mol. The molecule has 2 aromatic rings. The lowest BCUT2D eigenvalue weighted by molar-refractivity contribution is -0.122. The van der Waals surface area contributed by atoms with Gasteiger partial charge in [0.15, 0.2) is 0 Å². The van der Waals surface area contributed by atoms with Gasteiger partial charge >= 0.3 is 0 Å². The number of aryl methyl sites for hydroxylation is 1. The Hall–Kier alpha value is -3.35. The molecule has 2 saturated heterocycles. The second-order valence-corrected chi connectivity index (χ2v) is 8.17. The normalized spacial score (nSPS) is 18.5. The van der Waals surface area contributed by atoms with Gasteiger partial charge in [-0.3, -0.25) is 14.4 Å². The second-order valence-electron chi connectivity index (χ2n) is 8.17. The van der Waals surface area contributed by atoms with Crippen molar-refractivity contribution in [1.29, 1.82) is 0 Å². The number of rotatable bonds is 6. The molecule has 2 aliphatic heterocycles. The van der Waals surface area contributed by atoms with E-state index in [4.69, 9.17) is 5.73 Å². The van der Waals surface area contributed by atoms with Crippen LogP contribution in [0.1, 0.15) is 42.1 Å². The monoisotopic (exact) mass is 420 g/mol. The highest BCUT2D eigenvalue weighted by molar-refractivity contribution is 6.05. The van der Waals surface area contributed by atoms with E-state index < -0.39 is 11.8 Å². The molecule has 0 aromatic heterocycles. The molecular weight excluding hydrogens is 392 g/mol. The standard InChI is InChI=1S/C24H28N4O3/c1-2-16-7-3-4-8-20(16)28-15-18(14-22(28)29)24(31)26-19-13-17(23(25)30)9-10-21(19)27-11-5-6-12-27/h3-4,7-10,13,18H,2,5-6,11-12,14-15H2,1H3,(H2,25,30)(H,26,31). The maximum absolute atomic E-state index is 13.1. The van der Waals surface area contributed by atoms with Crippen molar-refractivity contribution in [3.8, 4) is 0 Å². The van der Waals surface area contributed by atoms with Crippen LogP contribution in [0.3, 0.4) is 0 Å². The third kappa shape index (κ3) is 4.26. The molecule has 7 heteroatoms. The van der Waals surface area contributed by atoms with Gasteiger partial charge in [-0.2, -0.15) is 0 Å². The zero-order valence-corrected chi connectivity index (χ0v) is 17.8. The van der Waals surface area contributed by atoms with Gasteiger partial charge in [-0.25, -0.2) is 0 Å². The van der Waals surface area contributed by atoms with Crippen LogP contribution in [-0.2, 0) is 16.0 Å². The van der Waals surface area contributed by atoms with Crippen LogP contribution in [0.15, 0.2) is 42.5 Å². The topological polar surface area (TPSA) is 95.7 Å². The molecule has 0 radical (unpaired) electrons. The van der Waals surface area contributed by atoms with Crippen LogP contribution < -0.4 is 20.9 Å². The first-order valence-electron chi connectivity index (χ1n) is 10.9. The quantitative estimate of drug-likeness (QED) is 0.751. The Morgan fingerprint density at radius 2 is 1.84 bits per heavy atom. The number of hydrogen-bond donors (Lipinski definition) is 2. The molecule has 3 amide bonds. The van der Waals surface area contributed by atoms with Crippen molar-refractivity contribution in [2.24, 2.45) is 11.7 Å². The third-order valence-electron chi connectivity index (χ3n) is 6.14.